The lowest BCUT2D eigenvalue weighted by atomic mass is 10.1. The van der Waals surface area contributed by atoms with Crippen LogP contribution in [-0.2, 0) is 6.42 Å². The quantitative estimate of drug-likeness (QED) is 0.626. The molecule has 6 nitrogen and oxygen atoms in total. The highest BCUT2D eigenvalue weighted by molar-refractivity contribution is 5.48. The largest absolute Gasteiger partial charge is 0.484 e. The lowest BCUT2D eigenvalue weighted by Crippen LogP contribution is -2.43. The molecule has 1 rings (SSSR count). The first-order chi connectivity index (χ1) is 8.95. The minimum atomic E-state index is -0.878. The summed E-state index contributed by atoms with van der Waals surface area (Å²) in [4.78, 5) is 10.5. The summed E-state index contributed by atoms with van der Waals surface area (Å²) in [6.45, 7) is 3.62. The van der Waals surface area contributed by atoms with Crippen LogP contribution in [0, 0.1) is 21.4 Å². The number of rotatable bonds is 6. The van der Waals surface area contributed by atoms with E-state index in [0.29, 0.717) is 6.42 Å². The van der Waals surface area contributed by atoms with Gasteiger partial charge in [0.15, 0.2) is 5.75 Å². The molecule has 0 heterocycles. The Bertz CT molecular complexity index is 510. The molecule has 0 aromatic heterocycles. The second-order valence-corrected chi connectivity index (χ2v) is 4.40. The molecule has 0 aliphatic rings. The van der Waals surface area contributed by atoms with Crippen LogP contribution in [0.25, 0.3) is 0 Å². The lowest BCUT2D eigenvalue weighted by Gasteiger charge is -2.20. The highest BCUT2D eigenvalue weighted by atomic mass is 16.6. The Kier molecular flexibility index (Phi) is 4.84. The number of nitro groups is 1. The Labute approximate surface area is 112 Å². The summed E-state index contributed by atoms with van der Waals surface area (Å²) in [5, 5.41) is 22.8. The van der Waals surface area contributed by atoms with Gasteiger partial charge in [-0.05, 0) is 32.0 Å². The maximum atomic E-state index is 11.0. The Morgan fingerprint density at radius 3 is 2.74 bits per heavy atom. The van der Waals surface area contributed by atoms with Crippen molar-refractivity contribution in [2.75, 3.05) is 13.7 Å². The summed E-state index contributed by atoms with van der Waals surface area (Å²) in [6, 6.07) is 6.92. The van der Waals surface area contributed by atoms with Crippen molar-refractivity contribution in [1.29, 1.82) is 5.26 Å². The summed E-state index contributed by atoms with van der Waals surface area (Å²) in [5.74, 6) is 0.180. The van der Waals surface area contributed by atoms with Crippen molar-refractivity contribution in [3.63, 3.8) is 0 Å². The molecule has 0 saturated carbocycles. The van der Waals surface area contributed by atoms with Crippen LogP contribution in [0.4, 0.5) is 5.69 Å². The monoisotopic (exact) mass is 263 g/mol. The van der Waals surface area contributed by atoms with Crippen LogP contribution in [-0.4, -0.2) is 24.1 Å². The Morgan fingerprint density at radius 1 is 1.58 bits per heavy atom. The Morgan fingerprint density at radius 2 is 2.26 bits per heavy atom. The molecule has 0 fully saturated rings. The number of nitriles is 1. The molecule has 0 radical (unpaired) electrons. The SMILES string of the molecule is CCc1ccc(OCC(C)(C#N)NC)c([N+](=O)[O-])c1. The summed E-state index contributed by atoms with van der Waals surface area (Å²) in [5.41, 5.74) is -0.0800. The van der Waals surface area contributed by atoms with Crippen LogP contribution in [0.1, 0.15) is 19.4 Å². The van der Waals surface area contributed by atoms with Gasteiger partial charge in [0.1, 0.15) is 12.1 Å². The number of nitrogens with one attached hydrogen (secondary N) is 1. The molecule has 1 aromatic rings. The Hall–Kier alpha value is -2.13. The van der Waals surface area contributed by atoms with E-state index in [1.165, 1.54) is 6.07 Å². The maximum Gasteiger partial charge on any atom is 0.311 e. The first-order valence-electron chi connectivity index (χ1n) is 5.96. The number of hydrogen-bond acceptors (Lipinski definition) is 5. The molecule has 0 aliphatic heterocycles. The van der Waals surface area contributed by atoms with E-state index in [2.05, 4.69) is 11.4 Å². The van der Waals surface area contributed by atoms with Crippen molar-refractivity contribution in [1.82, 2.24) is 5.32 Å². The van der Waals surface area contributed by atoms with Gasteiger partial charge in [-0.3, -0.25) is 15.4 Å². The van der Waals surface area contributed by atoms with Crippen molar-refractivity contribution in [3.05, 3.63) is 33.9 Å². The molecule has 1 N–H and O–H groups in total. The van der Waals surface area contributed by atoms with Gasteiger partial charge in [0.25, 0.3) is 0 Å². The van der Waals surface area contributed by atoms with Crippen molar-refractivity contribution >= 4 is 5.69 Å². The van der Waals surface area contributed by atoms with E-state index in [-0.39, 0.29) is 18.0 Å². The minimum Gasteiger partial charge on any atom is -0.484 e. The number of benzene rings is 1. The third kappa shape index (κ3) is 3.66. The third-order valence-electron chi connectivity index (χ3n) is 2.94. The minimum absolute atomic E-state index is 0.0340. The van der Waals surface area contributed by atoms with Gasteiger partial charge in [0.2, 0.25) is 0 Å². The van der Waals surface area contributed by atoms with Gasteiger partial charge in [0, 0.05) is 6.07 Å². The van der Waals surface area contributed by atoms with Gasteiger partial charge in [-0.1, -0.05) is 13.0 Å². The van der Waals surface area contributed by atoms with Crippen molar-refractivity contribution in [2.45, 2.75) is 25.8 Å². The molecule has 0 aliphatic carbocycles. The van der Waals surface area contributed by atoms with E-state index >= 15 is 0 Å². The zero-order chi connectivity index (χ0) is 14.5. The van der Waals surface area contributed by atoms with Crippen LogP contribution in [0.3, 0.4) is 0 Å². The molecule has 1 aromatic carbocycles. The predicted octanol–water partition coefficient (Wildman–Crippen LogP) is 2.04. The number of aryl methyl sites for hydroxylation is 1. The fraction of sp³-hybridized carbons (Fsp3) is 0.462. The molecule has 6 heteroatoms. The van der Waals surface area contributed by atoms with E-state index in [9.17, 15) is 10.1 Å². The van der Waals surface area contributed by atoms with Gasteiger partial charge in [-0.15, -0.1) is 0 Å². The smallest absolute Gasteiger partial charge is 0.311 e. The molecular formula is C13H17N3O3. The summed E-state index contributed by atoms with van der Waals surface area (Å²) >= 11 is 0. The van der Waals surface area contributed by atoms with Crippen LogP contribution in [0.2, 0.25) is 0 Å². The van der Waals surface area contributed by atoms with Gasteiger partial charge < -0.3 is 4.74 Å². The second kappa shape index (κ2) is 6.16. The molecular weight excluding hydrogens is 246 g/mol. The van der Waals surface area contributed by atoms with Gasteiger partial charge in [0.05, 0.1) is 11.0 Å². The van der Waals surface area contributed by atoms with Crippen LogP contribution in [0.15, 0.2) is 18.2 Å². The molecule has 19 heavy (non-hydrogen) atoms. The lowest BCUT2D eigenvalue weighted by molar-refractivity contribution is -0.386. The van der Waals surface area contributed by atoms with Crippen LogP contribution in [0.5, 0.6) is 5.75 Å². The summed E-state index contributed by atoms with van der Waals surface area (Å²) < 4.78 is 5.42. The highest BCUT2D eigenvalue weighted by Gasteiger charge is 2.24. The topological polar surface area (TPSA) is 88.2 Å². The van der Waals surface area contributed by atoms with Crippen molar-refractivity contribution in [2.24, 2.45) is 0 Å². The average Bonchev–Trinajstić information content (AvgIpc) is 2.44. The first kappa shape index (κ1) is 14.9. The molecule has 0 bridgehead atoms. The van der Waals surface area contributed by atoms with E-state index in [1.807, 2.05) is 6.92 Å². The number of hydrogen-bond donors (Lipinski definition) is 1. The van der Waals surface area contributed by atoms with Gasteiger partial charge in [-0.2, -0.15) is 5.26 Å². The van der Waals surface area contributed by atoms with Crippen molar-refractivity contribution in [3.8, 4) is 11.8 Å². The number of likely N-dealkylation sites (N-methyl/N-ethyl adjacent to an activating group) is 1. The van der Waals surface area contributed by atoms with Gasteiger partial charge in [-0.25, -0.2) is 0 Å². The fourth-order valence-corrected chi connectivity index (χ4v) is 1.43. The standard InChI is InChI=1S/C13H17N3O3/c1-4-10-5-6-12(11(7-10)16(17)18)19-9-13(2,8-14)15-3/h5-7,15H,4,9H2,1-3H3. The molecule has 0 spiro atoms. The normalized spacial score (nSPS) is 13.4. The van der Waals surface area contributed by atoms with E-state index < -0.39 is 10.5 Å². The summed E-state index contributed by atoms with van der Waals surface area (Å²) in [6.07, 6.45) is 0.716. The molecule has 0 saturated heterocycles. The molecule has 1 unspecified atom stereocenters. The van der Waals surface area contributed by atoms with E-state index in [4.69, 9.17) is 10.00 Å². The fourth-order valence-electron chi connectivity index (χ4n) is 1.43. The first-order valence-corrected chi connectivity index (χ1v) is 5.96. The average molecular weight is 263 g/mol. The van der Waals surface area contributed by atoms with Crippen LogP contribution < -0.4 is 10.1 Å². The Balaban J connectivity index is 2.96. The number of ether oxygens (including phenoxy) is 1. The van der Waals surface area contributed by atoms with Gasteiger partial charge >= 0.3 is 5.69 Å². The maximum absolute atomic E-state index is 11.0. The summed E-state index contributed by atoms with van der Waals surface area (Å²) in [7, 11) is 1.64. The third-order valence-corrected chi connectivity index (χ3v) is 2.94. The zero-order valence-corrected chi connectivity index (χ0v) is 11.3. The molecule has 0 amide bonds. The zero-order valence-electron chi connectivity index (χ0n) is 11.3. The highest BCUT2D eigenvalue weighted by Crippen LogP contribution is 2.28. The number of nitro benzene ring substituents is 1. The van der Waals surface area contributed by atoms with E-state index in [0.717, 1.165) is 5.56 Å². The predicted molar refractivity (Wildman–Crippen MR) is 71.0 cm³/mol. The van der Waals surface area contributed by atoms with E-state index in [1.54, 1.807) is 26.1 Å². The molecule has 1 atom stereocenters. The second-order valence-electron chi connectivity index (χ2n) is 4.40. The van der Waals surface area contributed by atoms with Crippen LogP contribution >= 0.6 is 0 Å². The molecule has 102 valence electrons. The number of nitrogens with zero attached hydrogens (tertiary/aromatic N) is 2. The van der Waals surface area contributed by atoms with Crippen molar-refractivity contribution < 1.29 is 9.66 Å².